The van der Waals surface area contributed by atoms with E-state index in [1.165, 1.54) is 0 Å². The Labute approximate surface area is 166 Å². The van der Waals surface area contributed by atoms with Crippen LogP contribution in [0.15, 0.2) is 22.4 Å². The first-order valence-electron chi connectivity index (χ1n) is 9.11. The van der Waals surface area contributed by atoms with Crippen molar-refractivity contribution in [2.45, 2.75) is 27.1 Å². The summed E-state index contributed by atoms with van der Waals surface area (Å²) in [5.74, 6) is 11.9. The third-order valence-electron chi connectivity index (χ3n) is 3.77. The molecule has 0 atom stereocenters. The second kappa shape index (κ2) is 10.8. The van der Waals surface area contributed by atoms with Crippen LogP contribution in [-0.2, 0) is 14.2 Å². The summed E-state index contributed by atoms with van der Waals surface area (Å²) in [6.45, 7) is 8.50. The molecular formula is C20H28N4O4. The number of hydrogen-bond acceptors (Lipinski definition) is 8. The van der Waals surface area contributed by atoms with Crippen LogP contribution in [0.25, 0.3) is 0 Å². The molecule has 0 bridgehead atoms. The summed E-state index contributed by atoms with van der Waals surface area (Å²) >= 11 is 0. The normalized spacial score (nSPS) is 17.4. The molecule has 1 saturated heterocycles. The number of hydrogen-bond donors (Lipinski definition) is 1. The van der Waals surface area contributed by atoms with Gasteiger partial charge in [0.1, 0.15) is 23.8 Å². The maximum atomic E-state index is 5.68. The lowest BCUT2D eigenvalue weighted by Crippen LogP contribution is -2.39. The van der Waals surface area contributed by atoms with Gasteiger partial charge in [-0.05, 0) is 13.0 Å². The van der Waals surface area contributed by atoms with Crippen LogP contribution in [0.1, 0.15) is 32.0 Å². The Morgan fingerprint density at radius 1 is 1.43 bits per heavy atom. The smallest absolute Gasteiger partial charge is 0.176 e. The first-order chi connectivity index (χ1) is 13.5. The van der Waals surface area contributed by atoms with E-state index in [0.29, 0.717) is 55.7 Å². The van der Waals surface area contributed by atoms with Gasteiger partial charge in [0.15, 0.2) is 6.29 Å². The Kier molecular flexibility index (Phi) is 8.39. The predicted molar refractivity (Wildman–Crippen MR) is 108 cm³/mol. The highest BCUT2D eigenvalue weighted by atomic mass is 16.7. The molecule has 2 heterocycles. The number of ether oxygens (including phenoxy) is 4. The molecule has 152 valence electrons. The number of pyridine rings is 1. The molecule has 0 amide bonds. The van der Waals surface area contributed by atoms with Crippen molar-refractivity contribution in [2.24, 2.45) is 21.4 Å². The molecule has 1 aliphatic rings. The molecule has 1 aromatic rings. The second-order valence-corrected chi connectivity index (χ2v) is 6.96. The molecule has 28 heavy (non-hydrogen) atoms. The quantitative estimate of drug-likeness (QED) is 0.330. The highest BCUT2D eigenvalue weighted by molar-refractivity contribution is 6.38. The Morgan fingerprint density at radius 2 is 2.18 bits per heavy atom. The Balaban J connectivity index is 2.09. The number of rotatable bonds is 7. The summed E-state index contributed by atoms with van der Waals surface area (Å²) in [7, 11) is 1.59. The number of aromatic nitrogens is 1. The molecule has 8 heteroatoms. The molecule has 1 aliphatic heterocycles. The fourth-order valence-corrected chi connectivity index (χ4v) is 2.39. The van der Waals surface area contributed by atoms with E-state index in [2.05, 4.69) is 40.8 Å². The fourth-order valence-electron chi connectivity index (χ4n) is 2.39. The minimum atomic E-state index is -0.374. The standard InChI is InChI=1S/C20H28N4O4/c1-5-26-17-9-15(7-6-8-25-4)10-23-19(17)16(24-21)11-22-12-18-27-13-20(2,3)14-28-18/h9-11,18H,5,8,12-14,21H2,1-4H3/b22-11?,24-16+. The van der Waals surface area contributed by atoms with E-state index in [1.54, 1.807) is 25.6 Å². The third kappa shape index (κ3) is 6.60. The number of methoxy groups -OCH3 is 1. The molecule has 0 saturated carbocycles. The number of aliphatic imine (C=N–C) groups is 1. The summed E-state index contributed by atoms with van der Waals surface area (Å²) in [4.78, 5) is 8.75. The van der Waals surface area contributed by atoms with Crippen molar-refractivity contribution >= 4 is 11.9 Å². The predicted octanol–water partition coefficient (Wildman–Crippen LogP) is 1.61. The zero-order valence-corrected chi connectivity index (χ0v) is 16.9. The molecule has 0 spiro atoms. The van der Waals surface area contributed by atoms with Gasteiger partial charge in [0, 0.05) is 24.3 Å². The molecule has 0 aliphatic carbocycles. The minimum absolute atomic E-state index is 0.0221. The van der Waals surface area contributed by atoms with Gasteiger partial charge in [0.05, 0.1) is 32.6 Å². The van der Waals surface area contributed by atoms with E-state index in [-0.39, 0.29) is 11.7 Å². The number of hydrazone groups is 1. The van der Waals surface area contributed by atoms with Crippen molar-refractivity contribution in [2.75, 3.05) is 40.1 Å². The summed E-state index contributed by atoms with van der Waals surface area (Å²) < 4.78 is 21.9. The Bertz CT molecular complexity index is 755. The molecule has 2 rings (SSSR count). The van der Waals surface area contributed by atoms with Crippen LogP contribution in [0.4, 0.5) is 0 Å². The van der Waals surface area contributed by atoms with Crippen molar-refractivity contribution in [1.29, 1.82) is 0 Å². The number of nitrogens with two attached hydrogens (primary N) is 1. The summed E-state index contributed by atoms with van der Waals surface area (Å²) in [5.41, 5.74) is 1.63. The maximum Gasteiger partial charge on any atom is 0.176 e. The topological polar surface area (TPSA) is 101 Å². The zero-order chi connectivity index (χ0) is 20.4. The summed E-state index contributed by atoms with van der Waals surface area (Å²) in [5, 5.41) is 3.80. The van der Waals surface area contributed by atoms with Gasteiger partial charge >= 0.3 is 0 Å². The largest absolute Gasteiger partial charge is 0.491 e. The summed E-state index contributed by atoms with van der Waals surface area (Å²) in [6, 6.07) is 1.79. The van der Waals surface area contributed by atoms with Crippen LogP contribution in [0.3, 0.4) is 0 Å². The van der Waals surface area contributed by atoms with E-state index in [9.17, 15) is 0 Å². The van der Waals surface area contributed by atoms with Crippen molar-refractivity contribution in [3.8, 4) is 17.6 Å². The second-order valence-electron chi connectivity index (χ2n) is 6.96. The SMILES string of the molecule is CCOc1cc(C#CCOC)cnc1/C(C=NCC1OCC(C)(C)CO1)=N/N. The molecule has 1 aromatic heterocycles. The van der Waals surface area contributed by atoms with Crippen molar-refractivity contribution in [3.05, 3.63) is 23.5 Å². The minimum Gasteiger partial charge on any atom is -0.491 e. The molecular weight excluding hydrogens is 360 g/mol. The fraction of sp³-hybridized carbons (Fsp3) is 0.550. The van der Waals surface area contributed by atoms with E-state index in [4.69, 9.17) is 24.8 Å². The van der Waals surface area contributed by atoms with E-state index in [0.717, 1.165) is 0 Å². The van der Waals surface area contributed by atoms with Crippen LogP contribution in [0.5, 0.6) is 5.75 Å². The van der Waals surface area contributed by atoms with Gasteiger partial charge < -0.3 is 24.8 Å². The Hall–Kier alpha value is -2.47. The highest BCUT2D eigenvalue weighted by Gasteiger charge is 2.27. The van der Waals surface area contributed by atoms with Gasteiger partial charge in [0.25, 0.3) is 0 Å². The first-order valence-corrected chi connectivity index (χ1v) is 9.11. The third-order valence-corrected chi connectivity index (χ3v) is 3.77. The lowest BCUT2D eigenvalue weighted by atomic mass is 9.96. The molecule has 1 fully saturated rings. The van der Waals surface area contributed by atoms with Crippen molar-refractivity contribution < 1.29 is 18.9 Å². The average molecular weight is 388 g/mol. The van der Waals surface area contributed by atoms with E-state index < -0.39 is 0 Å². The van der Waals surface area contributed by atoms with Crippen LogP contribution in [0.2, 0.25) is 0 Å². The van der Waals surface area contributed by atoms with E-state index >= 15 is 0 Å². The Morgan fingerprint density at radius 3 is 2.82 bits per heavy atom. The first kappa shape index (κ1) is 21.8. The van der Waals surface area contributed by atoms with Crippen molar-refractivity contribution in [1.82, 2.24) is 4.98 Å². The summed E-state index contributed by atoms with van der Waals surface area (Å²) in [6.07, 6.45) is 2.81. The average Bonchev–Trinajstić information content (AvgIpc) is 2.68. The van der Waals surface area contributed by atoms with Crippen LogP contribution in [0, 0.1) is 17.3 Å². The van der Waals surface area contributed by atoms with Gasteiger partial charge in [-0.2, -0.15) is 5.10 Å². The van der Waals surface area contributed by atoms with Crippen LogP contribution >= 0.6 is 0 Å². The van der Waals surface area contributed by atoms with Gasteiger partial charge in [-0.3, -0.25) is 4.99 Å². The molecule has 8 nitrogen and oxygen atoms in total. The van der Waals surface area contributed by atoms with Gasteiger partial charge in [-0.25, -0.2) is 4.98 Å². The van der Waals surface area contributed by atoms with Crippen LogP contribution in [-0.4, -0.2) is 63.3 Å². The van der Waals surface area contributed by atoms with Gasteiger partial charge in [-0.15, -0.1) is 0 Å². The lowest BCUT2D eigenvalue weighted by molar-refractivity contribution is -0.215. The van der Waals surface area contributed by atoms with Gasteiger partial charge in [-0.1, -0.05) is 25.7 Å². The molecule has 0 aromatic carbocycles. The van der Waals surface area contributed by atoms with E-state index in [1.807, 2.05) is 6.92 Å². The highest BCUT2D eigenvalue weighted by Crippen LogP contribution is 2.23. The van der Waals surface area contributed by atoms with Crippen molar-refractivity contribution in [3.63, 3.8) is 0 Å². The van der Waals surface area contributed by atoms with Gasteiger partial charge in [0.2, 0.25) is 0 Å². The molecule has 0 unspecified atom stereocenters. The number of nitrogens with zero attached hydrogens (tertiary/aromatic N) is 3. The molecule has 2 N–H and O–H groups in total. The zero-order valence-electron chi connectivity index (χ0n) is 16.9. The van der Waals surface area contributed by atoms with Crippen LogP contribution < -0.4 is 10.6 Å². The monoisotopic (exact) mass is 388 g/mol. The molecule has 0 radical (unpaired) electrons. The lowest BCUT2D eigenvalue weighted by Gasteiger charge is -2.33. The maximum absolute atomic E-state index is 5.68.